The summed E-state index contributed by atoms with van der Waals surface area (Å²) in [6.45, 7) is 0. The van der Waals surface area contributed by atoms with Crippen molar-refractivity contribution in [2.24, 2.45) is 20.7 Å². The first-order chi connectivity index (χ1) is 13.0. The Hall–Kier alpha value is -3.25. The van der Waals surface area contributed by atoms with E-state index < -0.39 is 15.9 Å². The lowest BCUT2D eigenvalue weighted by molar-refractivity contribution is -0.384. The predicted molar refractivity (Wildman–Crippen MR) is 96.9 cm³/mol. The van der Waals surface area contributed by atoms with Gasteiger partial charge in [0.15, 0.2) is 4.34 Å². The lowest BCUT2D eigenvalue weighted by atomic mass is 10.1. The van der Waals surface area contributed by atoms with E-state index in [1.54, 1.807) is 18.2 Å². The van der Waals surface area contributed by atoms with Gasteiger partial charge in [-0.05, 0) is 40.4 Å². The van der Waals surface area contributed by atoms with Crippen molar-refractivity contribution in [1.82, 2.24) is 4.98 Å². The molecule has 4 rings (SSSR count). The van der Waals surface area contributed by atoms with Crippen LogP contribution in [0.2, 0.25) is 0 Å². The fourth-order valence-corrected chi connectivity index (χ4v) is 4.71. The number of hydrogen-bond acceptors (Lipinski definition) is 10. The number of benzene rings is 2. The van der Waals surface area contributed by atoms with E-state index in [9.17, 15) is 14.9 Å². The van der Waals surface area contributed by atoms with Gasteiger partial charge in [0.25, 0.3) is 10.7 Å². The third-order valence-corrected chi connectivity index (χ3v) is 5.96. The molecule has 0 saturated carbocycles. The summed E-state index contributed by atoms with van der Waals surface area (Å²) in [5, 5.41) is 35.3. The van der Waals surface area contributed by atoms with Crippen molar-refractivity contribution >= 4 is 45.0 Å². The Labute approximate surface area is 158 Å². The number of hydrogen-bond donors (Lipinski definition) is 1. The number of carbonyl (C=O) groups is 1. The number of nitro benzene ring substituents is 1. The van der Waals surface area contributed by atoms with Crippen LogP contribution in [-0.4, -0.2) is 21.0 Å². The average Bonchev–Trinajstić information content (AvgIpc) is 3.28. The third-order valence-electron chi connectivity index (χ3n) is 3.70. The van der Waals surface area contributed by atoms with Gasteiger partial charge in [0.2, 0.25) is 0 Å². The Kier molecular flexibility index (Phi) is 4.12. The van der Waals surface area contributed by atoms with E-state index in [2.05, 4.69) is 25.7 Å². The second-order valence-electron chi connectivity index (χ2n) is 5.36. The third kappa shape index (κ3) is 3.15. The van der Waals surface area contributed by atoms with Crippen LogP contribution < -0.4 is 0 Å². The molecule has 0 aliphatic carbocycles. The van der Waals surface area contributed by atoms with Crippen LogP contribution in [-0.2, 0) is 4.99 Å². The molecule has 1 aromatic heterocycles. The van der Waals surface area contributed by atoms with Gasteiger partial charge < -0.3 is 5.11 Å². The maximum Gasteiger partial charge on any atom is 0.335 e. The molecule has 0 fully saturated rings. The average molecular weight is 400 g/mol. The van der Waals surface area contributed by atoms with Crippen molar-refractivity contribution in [3.8, 4) is 0 Å². The highest BCUT2D eigenvalue weighted by atomic mass is 32.2. The lowest BCUT2D eigenvalue weighted by Crippen LogP contribution is -2.13. The van der Waals surface area contributed by atoms with Crippen molar-refractivity contribution in [1.29, 1.82) is 0 Å². The quantitative estimate of drug-likeness (QED) is 0.488. The zero-order valence-electron chi connectivity index (χ0n) is 13.2. The second-order valence-corrected chi connectivity index (χ2v) is 7.81. The number of carboxylic acids is 1. The van der Waals surface area contributed by atoms with Crippen molar-refractivity contribution in [3.05, 3.63) is 63.7 Å². The number of carboxylic acid groups (broad SMARTS) is 1. The predicted octanol–water partition coefficient (Wildman–Crippen LogP) is 4.64. The molecule has 3 aromatic rings. The van der Waals surface area contributed by atoms with Gasteiger partial charge in [0, 0.05) is 17.7 Å². The number of aromatic carboxylic acids is 1. The van der Waals surface area contributed by atoms with Crippen LogP contribution in [0.1, 0.15) is 15.9 Å². The molecule has 1 aliphatic rings. The fourth-order valence-electron chi connectivity index (χ4n) is 2.40. The molecular weight excluding hydrogens is 392 g/mol. The van der Waals surface area contributed by atoms with Crippen LogP contribution >= 0.6 is 23.1 Å². The highest BCUT2D eigenvalue weighted by Gasteiger charge is 2.38. The van der Waals surface area contributed by atoms with Crippen molar-refractivity contribution in [2.75, 3.05) is 0 Å². The minimum Gasteiger partial charge on any atom is -0.478 e. The van der Waals surface area contributed by atoms with E-state index >= 15 is 0 Å². The Bertz CT molecular complexity index is 1110. The van der Waals surface area contributed by atoms with E-state index in [4.69, 9.17) is 5.11 Å². The van der Waals surface area contributed by atoms with Crippen molar-refractivity contribution < 1.29 is 14.8 Å². The Morgan fingerprint density at radius 1 is 1.15 bits per heavy atom. The molecule has 134 valence electrons. The number of rotatable bonds is 5. The largest absolute Gasteiger partial charge is 0.478 e. The zero-order chi connectivity index (χ0) is 19.0. The van der Waals surface area contributed by atoms with Crippen molar-refractivity contribution in [3.63, 3.8) is 0 Å². The highest BCUT2D eigenvalue weighted by Crippen LogP contribution is 2.48. The topological polar surface area (TPSA) is 143 Å². The number of aromatic nitrogens is 1. The molecule has 1 aliphatic heterocycles. The van der Waals surface area contributed by atoms with E-state index in [1.165, 1.54) is 47.4 Å². The SMILES string of the molecule is O=C(O)c1ccc(C2(Sc3nc4ccc([N+](=O)[O-])cc4s3)N=NN=N2)cc1. The minimum atomic E-state index is -1.21. The van der Waals surface area contributed by atoms with Crippen LogP contribution in [0.3, 0.4) is 0 Å². The first-order valence-corrected chi connectivity index (χ1v) is 9.02. The van der Waals surface area contributed by atoms with E-state index in [-0.39, 0.29) is 11.3 Å². The van der Waals surface area contributed by atoms with Crippen LogP contribution in [0.15, 0.2) is 67.5 Å². The number of nitrogens with zero attached hydrogens (tertiary/aromatic N) is 6. The van der Waals surface area contributed by atoms with E-state index in [1.807, 2.05) is 0 Å². The van der Waals surface area contributed by atoms with Gasteiger partial charge in [0.1, 0.15) is 0 Å². The van der Waals surface area contributed by atoms with Crippen molar-refractivity contribution in [2.45, 2.75) is 9.33 Å². The summed E-state index contributed by atoms with van der Waals surface area (Å²) in [5.74, 6) is -1.04. The van der Waals surface area contributed by atoms with Gasteiger partial charge in [-0.3, -0.25) is 10.1 Å². The molecule has 1 N–H and O–H groups in total. The first kappa shape index (κ1) is 17.2. The number of nitro groups is 1. The molecule has 0 radical (unpaired) electrons. The summed E-state index contributed by atoms with van der Waals surface area (Å²) >= 11 is 2.44. The van der Waals surface area contributed by atoms with Gasteiger partial charge in [-0.2, -0.15) is 0 Å². The molecule has 2 aromatic carbocycles. The summed E-state index contributed by atoms with van der Waals surface area (Å²) in [7, 11) is 0. The van der Waals surface area contributed by atoms with Gasteiger partial charge >= 0.3 is 5.97 Å². The van der Waals surface area contributed by atoms with Gasteiger partial charge in [0.05, 0.1) is 20.7 Å². The van der Waals surface area contributed by atoms with Crippen LogP contribution in [0, 0.1) is 10.1 Å². The molecule has 0 spiro atoms. The maximum absolute atomic E-state index is 11.0. The number of thiazole rings is 1. The molecule has 27 heavy (non-hydrogen) atoms. The van der Waals surface area contributed by atoms with Crippen LogP contribution in [0.25, 0.3) is 10.2 Å². The lowest BCUT2D eigenvalue weighted by Gasteiger charge is -2.17. The molecular formula is C15H8N6O4S2. The summed E-state index contributed by atoms with van der Waals surface area (Å²) in [4.78, 5) is 24.7. The molecule has 0 unspecified atom stereocenters. The number of thioether (sulfide) groups is 1. The summed E-state index contributed by atoms with van der Waals surface area (Å²) in [6.07, 6.45) is 0. The molecule has 0 amide bonds. The second kappa shape index (κ2) is 6.48. The zero-order valence-corrected chi connectivity index (χ0v) is 14.8. The summed E-state index contributed by atoms with van der Waals surface area (Å²) in [5.41, 5.74) is 1.34. The van der Waals surface area contributed by atoms with Gasteiger partial charge in [-0.25, -0.2) is 9.78 Å². The fraction of sp³-hybridized carbons (Fsp3) is 0.0667. The molecule has 0 saturated heterocycles. The smallest absolute Gasteiger partial charge is 0.335 e. The first-order valence-electron chi connectivity index (χ1n) is 7.39. The molecule has 0 bridgehead atoms. The van der Waals surface area contributed by atoms with Crippen LogP contribution in [0.5, 0.6) is 0 Å². The van der Waals surface area contributed by atoms with E-state index in [0.717, 1.165) is 0 Å². The highest BCUT2D eigenvalue weighted by molar-refractivity contribution is 8.02. The minimum absolute atomic E-state index is 0.0121. The standard InChI is InChI=1S/C15H8N6O4S2/c22-13(23)8-1-3-9(4-2-8)15(17-19-20-18-15)27-14-16-11-6-5-10(21(24)25)7-12(11)26-14/h1-7H,(H,22,23). The summed E-state index contributed by atoms with van der Waals surface area (Å²) in [6, 6.07) is 10.5. The molecule has 2 heterocycles. The monoisotopic (exact) mass is 400 g/mol. The Balaban J connectivity index is 1.70. The molecule has 10 nitrogen and oxygen atoms in total. The Morgan fingerprint density at radius 2 is 1.85 bits per heavy atom. The molecule has 0 atom stereocenters. The van der Waals surface area contributed by atoms with Gasteiger partial charge in [-0.1, -0.05) is 12.1 Å². The molecule has 12 heteroatoms. The normalized spacial score (nSPS) is 14.7. The van der Waals surface area contributed by atoms with Gasteiger partial charge in [-0.15, -0.1) is 21.6 Å². The summed E-state index contributed by atoms with van der Waals surface area (Å²) < 4.78 is 1.24. The maximum atomic E-state index is 11.0. The number of non-ortho nitro benzene ring substituents is 1. The number of fused-ring (bicyclic) bond motifs is 1. The van der Waals surface area contributed by atoms with Crippen LogP contribution in [0.4, 0.5) is 5.69 Å². The van der Waals surface area contributed by atoms with E-state index in [0.29, 0.717) is 20.1 Å². The Morgan fingerprint density at radius 3 is 2.48 bits per heavy atom.